The molecule has 0 aliphatic carbocycles. The summed E-state index contributed by atoms with van der Waals surface area (Å²) in [4.78, 5) is 14.0. The maximum Gasteiger partial charge on any atom is 0.223 e. The number of rotatable bonds is 5. The molecule has 0 spiro atoms. The number of amides is 1. The fraction of sp³-hybridized carbons (Fsp3) is 0.562. The van der Waals surface area contributed by atoms with Gasteiger partial charge in [-0.05, 0) is 43.5 Å². The normalized spacial score (nSPS) is 16.2. The molecule has 0 saturated carbocycles. The lowest BCUT2D eigenvalue weighted by Crippen LogP contribution is -2.38. The van der Waals surface area contributed by atoms with Crippen LogP contribution in [0.25, 0.3) is 0 Å². The number of likely N-dealkylation sites (tertiary alicyclic amines) is 1. The van der Waals surface area contributed by atoms with Gasteiger partial charge in [0.1, 0.15) is 5.75 Å². The molecule has 1 N–H and O–H groups in total. The van der Waals surface area contributed by atoms with Crippen molar-refractivity contribution < 1.29 is 9.53 Å². The SMILES string of the molecule is CNCCC(=O)N1CCC(c2ccc(OC)cc2)CC1. The second kappa shape index (κ2) is 7.29. The number of carbonyl (C=O) groups is 1. The highest BCUT2D eigenvalue weighted by Crippen LogP contribution is 2.29. The Bertz CT molecular complexity index is 423. The molecule has 0 aromatic heterocycles. The molecule has 1 aliphatic heterocycles. The average Bonchev–Trinajstić information content (AvgIpc) is 2.53. The number of ether oxygens (including phenoxy) is 1. The predicted molar refractivity (Wildman–Crippen MR) is 80.1 cm³/mol. The van der Waals surface area contributed by atoms with E-state index in [2.05, 4.69) is 17.4 Å². The number of piperidine rings is 1. The van der Waals surface area contributed by atoms with Crippen molar-refractivity contribution in [1.29, 1.82) is 0 Å². The van der Waals surface area contributed by atoms with Crippen LogP contribution in [0.2, 0.25) is 0 Å². The summed E-state index contributed by atoms with van der Waals surface area (Å²) in [5.41, 5.74) is 1.35. The largest absolute Gasteiger partial charge is 0.497 e. The summed E-state index contributed by atoms with van der Waals surface area (Å²) in [5.74, 6) is 1.73. The second-order valence-corrected chi connectivity index (χ2v) is 5.28. The van der Waals surface area contributed by atoms with E-state index in [1.54, 1.807) is 7.11 Å². The van der Waals surface area contributed by atoms with E-state index in [0.29, 0.717) is 12.3 Å². The lowest BCUT2D eigenvalue weighted by Gasteiger charge is -2.32. The number of carbonyl (C=O) groups excluding carboxylic acids is 1. The highest BCUT2D eigenvalue weighted by molar-refractivity contribution is 5.76. The van der Waals surface area contributed by atoms with Gasteiger partial charge >= 0.3 is 0 Å². The summed E-state index contributed by atoms with van der Waals surface area (Å²) in [6.07, 6.45) is 2.71. The molecule has 0 atom stereocenters. The van der Waals surface area contributed by atoms with Crippen molar-refractivity contribution in [2.24, 2.45) is 0 Å². The zero-order valence-corrected chi connectivity index (χ0v) is 12.4. The highest BCUT2D eigenvalue weighted by Gasteiger charge is 2.23. The Morgan fingerprint density at radius 3 is 2.50 bits per heavy atom. The van der Waals surface area contributed by atoms with E-state index in [1.807, 2.05) is 24.1 Å². The minimum absolute atomic E-state index is 0.271. The molecule has 0 unspecified atom stereocenters. The van der Waals surface area contributed by atoms with Crippen molar-refractivity contribution in [1.82, 2.24) is 10.2 Å². The maximum absolute atomic E-state index is 12.0. The molecular weight excluding hydrogens is 252 g/mol. The first kappa shape index (κ1) is 14.9. The van der Waals surface area contributed by atoms with Crippen molar-refractivity contribution in [3.05, 3.63) is 29.8 Å². The van der Waals surface area contributed by atoms with E-state index in [9.17, 15) is 4.79 Å². The lowest BCUT2D eigenvalue weighted by atomic mass is 9.89. The first-order valence-corrected chi connectivity index (χ1v) is 7.31. The highest BCUT2D eigenvalue weighted by atomic mass is 16.5. The third-order valence-electron chi connectivity index (χ3n) is 4.02. The van der Waals surface area contributed by atoms with E-state index in [1.165, 1.54) is 5.56 Å². The van der Waals surface area contributed by atoms with Gasteiger partial charge in [-0.3, -0.25) is 4.79 Å². The van der Waals surface area contributed by atoms with E-state index in [-0.39, 0.29) is 5.91 Å². The Morgan fingerprint density at radius 1 is 1.30 bits per heavy atom. The Morgan fingerprint density at radius 2 is 1.95 bits per heavy atom. The van der Waals surface area contributed by atoms with Gasteiger partial charge in [0.15, 0.2) is 0 Å². The molecule has 1 heterocycles. The zero-order chi connectivity index (χ0) is 14.4. The molecule has 20 heavy (non-hydrogen) atoms. The predicted octanol–water partition coefficient (Wildman–Crippen LogP) is 2.01. The van der Waals surface area contributed by atoms with Crippen LogP contribution < -0.4 is 10.1 Å². The fourth-order valence-corrected chi connectivity index (χ4v) is 2.73. The van der Waals surface area contributed by atoms with Gasteiger partial charge in [-0.1, -0.05) is 12.1 Å². The van der Waals surface area contributed by atoms with Gasteiger partial charge in [-0.2, -0.15) is 0 Å². The third kappa shape index (κ3) is 3.73. The monoisotopic (exact) mass is 276 g/mol. The Hall–Kier alpha value is -1.55. The van der Waals surface area contributed by atoms with Crippen LogP contribution >= 0.6 is 0 Å². The summed E-state index contributed by atoms with van der Waals surface area (Å²) in [7, 11) is 3.56. The van der Waals surface area contributed by atoms with Gasteiger partial charge in [0, 0.05) is 26.1 Å². The summed E-state index contributed by atoms with van der Waals surface area (Å²) in [6, 6.07) is 8.31. The summed E-state index contributed by atoms with van der Waals surface area (Å²) >= 11 is 0. The van der Waals surface area contributed by atoms with Gasteiger partial charge in [0.25, 0.3) is 0 Å². The molecule has 2 rings (SSSR count). The standard InChI is InChI=1S/C16H24N2O2/c1-17-10-7-16(19)18-11-8-14(9-12-18)13-3-5-15(20-2)6-4-13/h3-6,14,17H,7-12H2,1-2H3. The van der Waals surface area contributed by atoms with Gasteiger partial charge < -0.3 is 15.0 Å². The number of benzene rings is 1. The van der Waals surface area contributed by atoms with Crippen LogP contribution in [0.5, 0.6) is 5.75 Å². The van der Waals surface area contributed by atoms with E-state index >= 15 is 0 Å². The molecule has 0 radical (unpaired) electrons. The van der Waals surface area contributed by atoms with Gasteiger partial charge in [-0.25, -0.2) is 0 Å². The van der Waals surface area contributed by atoms with Gasteiger partial charge in [0.2, 0.25) is 5.91 Å². The zero-order valence-electron chi connectivity index (χ0n) is 12.4. The first-order chi connectivity index (χ1) is 9.74. The number of hydrogen-bond acceptors (Lipinski definition) is 3. The smallest absolute Gasteiger partial charge is 0.223 e. The molecule has 4 heteroatoms. The van der Waals surface area contributed by atoms with Crippen LogP contribution in [-0.2, 0) is 4.79 Å². The van der Waals surface area contributed by atoms with E-state index in [4.69, 9.17) is 4.74 Å². The molecule has 1 aromatic carbocycles. The molecular formula is C16H24N2O2. The van der Waals surface area contributed by atoms with Gasteiger partial charge in [0.05, 0.1) is 7.11 Å². The van der Waals surface area contributed by atoms with E-state index < -0.39 is 0 Å². The van der Waals surface area contributed by atoms with E-state index in [0.717, 1.165) is 38.2 Å². The lowest BCUT2D eigenvalue weighted by molar-refractivity contribution is -0.132. The number of hydrogen-bond donors (Lipinski definition) is 1. The quantitative estimate of drug-likeness (QED) is 0.894. The third-order valence-corrected chi connectivity index (χ3v) is 4.02. The molecule has 0 bridgehead atoms. The van der Waals surface area contributed by atoms with Crippen molar-refractivity contribution in [3.8, 4) is 5.75 Å². The molecule has 1 amide bonds. The molecule has 1 saturated heterocycles. The van der Waals surface area contributed by atoms with Crippen LogP contribution in [0, 0.1) is 0 Å². The van der Waals surface area contributed by atoms with Crippen molar-refractivity contribution in [3.63, 3.8) is 0 Å². The van der Waals surface area contributed by atoms with Crippen LogP contribution in [0.15, 0.2) is 24.3 Å². The minimum atomic E-state index is 0.271. The molecule has 1 aromatic rings. The topological polar surface area (TPSA) is 41.6 Å². The average molecular weight is 276 g/mol. The Balaban J connectivity index is 1.85. The Labute approximate surface area is 121 Å². The van der Waals surface area contributed by atoms with Crippen LogP contribution in [0.4, 0.5) is 0 Å². The summed E-state index contributed by atoms with van der Waals surface area (Å²) < 4.78 is 5.18. The first-order valence-electron chi connectivity index (χ1n) is 7.31. The van der Waals surface area contributed by atoms with Gasteiger partial charge in [-0.15, -0.1) is 0 Å². The summed E-state index contributed by atoms with van der Waals surface area (Å²) in [5, 5.41) is 3.02. The second-order valence-electron chi connectivity index (χ2n) is 5.28. The Kier molecular flexibility index (Phi) is 5.41. The summed E-state index contributed by atoms with van der Waals surface area (Å²) in [6.45, 7) is 2.51. The molecule has 1 fully saturated rings. The molecule has 110 valence electrons. The molecule has 4 nitrogen and oxygen atoms in total. The van der Waals surface area contributed by atoms with Crippen LogP contribution in [-0.4, -0.2) is 44.6 Å². The van der Waals surface area contributed by atoms with Crippen molar-refractivity contribution >= 4 is 5.91 Å². The number of methoxy groups -OCH3 is 1. The number of nitrogens with one attached hydrogen (secondary N) is 1. The number of nitrogens with zero attached hydrogens (tertiary/aromatic N) is 1. The fourth-order valence-electron chi connectivity index (χ4n) is 2.73. The van der Waals surface area contributed by atoms with Crippen molar-refractivity contribution in [2.45, 2.75) is 25.2 Å². The molecule has 1 aliphatic rings. The minimum Gasteiger partial charge on any atom is -0.497 e. The van der Waals surface area contributed by atoms with Crippen LogP contribution in [0.3, 0.4) is 0 Å². The van der Waals surface area contributed by atoms with Crippen LogP contribution in [0.1, 0.15) is 30.7 Å². The van der Waals surface area contributed by atoms with Crippen molar-refractivity contribution in [2.75, 3.05) is 33.8 Å². The maximum atomic E-state index is 12.0.